The monoisotopic (exact) mass is 679 g/mol. The minimum absolute atomic E-state index is 0.0512. The first-order valence-corrected chi connectivity index (χ1v) is 17.3. The summed E-state index contributed by atoms with van der Waals surface area (Å²) in [5, 5.41) is 19.4. The smallest absolute Gasteiger partial charge is 0.295 e. The van der Waals surface area contributed by atoms with Gasteiger partial charge in [-0.25, -0.2) is 0 Å². The molecule has 0 saturated heterocycles. The molecule has 0 atom stereocenters. The predicted octanol–water partition coefficient (Wildman–Crippen LogP) is 4.92. The number of amides is 1. The first-order chi connectivity index (χ1) is 20.4. The Morgan fingerprint density at radius 3 is 2.05 bits per heavy atom. The highest BCUT2D eigenvalue weighted by Crippen LogP contribution is 2.45. The molecule has 4 aromatic rings. The van der Waals surface area contributed by atoms with E-state index in [9.17, 15) is 49.0 Å². The molecule has 0 bridgehead atoms. The Bertz CT molecular complexity index is 2220. The van der Waals surface area contributed by atoms with Crippen molar-refractivity contribution in [2.75, 3.05) is 11.1 Å². The van der Waals surface area contributed by atoms with Crippen LogP contribution in [0.5, 0.6) is 0 Å². The number of hydrogen-bond donors (Lipinski definition) is 5. The van der Waals surface area contributed by atoms with Crippen molar-refractivity contribution in [1.82, 2.24) is 0 Å². The first-order valence-electron chi connectivity index (χ1n) is 12.1. The molecule has 4 rings (SSSR count). The molecule has 0 fully saturated rings. The molecule has 6 N–H and O–H groups in total. The quantitative estimate of drug-likeness (QED) is 0.117. The Morgan fingerprint density at radius 2 is 1.50 bits per heavy atom. The molecule has 0 aliphatic heterocycles. The molecule has 230 valence electrons. The molecule has 3 aromatic carbocycles. The molecule has 0 radical (unpaired) electrons. The van der Waals surface area contributed by atoms with Gasteiger partial charge in [0.1, 0.15) is 25.9 Å². The van der Waals surface area contributed by atoms with Crippen LogP contribution < -0.4 is 11.1 Å². The molecule has 15 nitrogen and oxygen atoms in total. The maximum atomic E-state index is 12.2. The van der Waals surface area contributed by atoms with Crippen molar-refractivity contribution < 1.29 is 43.7 Å². The van der Waals surface area contributed by atoms with Gasteiger partial charge in [-0.3, -0.25) is 18.5 Å². The summed E-state index contributed by atoms with van der Waals surface area (Å²) in [4.78, 5) is 8.72. The molecule has 1 amide bonds. The molecular weight excluding hydrogens is 659 g/mol. The van der Waals surface area contributed by atoms with Crippen molar-refractivity contribution >= 4 is 79.7 Å². The van der Waals surface area contributed by atoms with E-state index < -0.39 is 55.8 Å². The summed E-state index contributed by atoms with van der Waals surface area (Å²) in [6.07, 6.45) is 0.983. The molecule has 0 unspecified atom stereocenters. The third-order valence-electron chi connectivity index (χ3n) is 6.03. The average molecular weight is 680 g/mol. The summed E-state index contributed by atoms with van der Waals surface area (Å²) < 4.78 is 101. The number of nitrogens with two attached hydrogens (primary N) is 1. The van der Waals surface area contributed by atoms with Crippen molar-refractivity contribution in [2.45, 2.75) is 34.5 Å². The summed E-state index contributed by atoms with van der Waals surface area (Å²) in [5.74, 6) is -0.182. The zero-order valence-corrected chi connectivity index (χ0v) is 25.6. The molecule has 0 saturated carbocycles. The molecule has 1 heterocycles. The minimum Gasteiger partial charge on any atom is -0.389 e. The van der Waals surface area contributed by atoms with Gasteiger partial charge >= 0.3 is 0 Å². The number of hydrogen-bond acceptors (Lipinski definition) is 12. The van der Waals surface area contributed by atoms with Gasteiger partial charge in [-0.1, -0.05) is 30.4 Å². The van der Waals surface area contributed by atoms with Crippen LogP contribution in [0.2, 0.25) is 0 Å². The molecule has 44 heavy (non-hydrogen) atoms. The van der Waals surface area contributed by atoms with E-state index in [1.54, 1.807) is 24.3 Å². The van der Waals surface area contributed by atoms with Crippen molar-refractivity contribution in [1.29, 1.82) is 5.26 Å². The number of anilines is 2. The second-order valence-corrected chi connectivity index (χ2v) is 14.3. The van der Waals surface area contributed by atoms with Crippen LogP contribution in [0.25, 0.3) is 21.9 Å². The highest BCUT2D eigenvalue weighted by Gasteiger charge is 2.26. The van der Waals surface area contributed by atoms with Crippen LogP contribution in [-0.4, -0.2) is 44.8 Å². The first kappa shape index (κ1) is 32.6. The molecule has 19 heteroatoms. The van der Waals surface area contributed by atoms with Crippen LogP contribution in [0.4, 0.5) is 21.4 Å². The number of nitrogens with zero attached hydrogens (tertiary/aromatic N) is 3. The van der Waals surface area contributed by atoms with Crippen LogP contribution >= 0.6 is 11.3 Å². The third kappa shape index (κ3) is 6.92. The van der Waals surface area contributed by atoms with Crippen molar-refractivity contribution in [3.8, 4) is 17.2 Å². The number of nitrogen functional groups attached to an aromatic ring is 1. The summed E-state index contributed by atoms with van der Waals surface area (Å²) >= 11 is 0.854. The number of benzene rings is 3. The highest BCUT2D eigenvalue weighted by atomic mass is 32.2. The SMILES string of the molecule is CCCC(=O)Nc1ccc(-c2c(/N=N/c3cc(S(=O)(=O)O)c4cc(S(=O)(=O)O)cc(S(=O)(=O)O)c4c3)sc(N)c2C#N)cc1. The average Bonchev–Trinajstić information content (AvgIpc) is 3.24. The number of carbonyl (C=O) groups excluding carboxylic acids is 1. The second-order valence-electron chi connectivity index (χ2n) is 9.09. The van der Waals surface area contributed by atoms with Crippen molar-refractivity contribution in [3.63, 3.8) is 0 Å². The Morgan fingerprint density at radius 1 is 0.909 bits per heavy atom. The largest absolute Gasteiger partial charge is 0.389 e. The van der Waals surface area contributed by atoms with Crippen LogP contribution in [0.15, 0.2) is 73.4 Å². The number of fused-ring (bicyclic) bond motifs is 1. The summed E-state index contributed by atoms with van der Waals surface area (Å²) in [7, 11) is -15.5. The topological polar surface area (TPSA) is 267 Å². The van der Waals surface area contributed by atoms with E-state index in [1.807, 2.05) is 13.0 Å². The fourth-order valence-electron chi connectivity index (χ4n) is 4.15. The van der Waals surface area contributed by atoms with E-state index in [-0.39, 0.29) is 32.7 Å². The Balaban J connectivity index is 1.90. The van der Waals surface area contributed by atoms with Gasteiger partial charge in [0.05, 0.1) is 16.1 Å². The lowest BCUT2D eigenvalue weighted by Crippen LogP contribution is -2.10. The van der Waals surface area contributed by atoms with Crippen LogP contribution in [0.1, 0.15) is 25.3 Å². The Hall–Kier alpha value is -4.29. The maximum Gasteiger partial charge on any atom is 0.295 e. The second kappa shape index (κ2) is 12.0. The number of rotatable bonds is 9. The molecule has 0 spiro atoms. The fourth-order valence-corrected chi connectivity index (χ4v) is 7.06. The molecule has 1 aromatic heterocycles. The van der Waals surface area contributed by atoms with Crippen molar-refractivity contribution in [2.24, 2.45) is 10.2 Å². The maximum absolute atomic E-state index is 12.2. The van der Waals surface area contributed by atoms with E-state index in [0.29, 0.717) is 36.2 Å². The summed E-state index contributed by atoms with van der Waals surface area (Å²) in [6, 6.07) is 11.0. The van der Waals surface area contributed by atoms with Gasteiger partial charge in [0.2, 0.25) is 5.91 Å². The summed E-state index contributed by atoms with van der Waals surface area (Å²) in [6.45, 7) is 1.86. The van der Waals surface area contributed by atoms with Crippen LogP contribution in [0, 0.1) is 11.3 Å². The molecular formula is C25H21N5O10S4. The fraction of sp³-hybridized carbons (Fsp3) is 0.120. The van der Waals surface area contributed by atoms with E-state index in [0.717, 1.165) is 23.5 Å². The standard InChI is InChI=1S/C25H21N5O10S4/c1-2-3-22(31)28-14-6-4-13(5-7-14)23-19(12-26)24(27)41-25(23)30-29-15-8-17-18(20(9-15)43(35,36)37)10-16(42(32,33)34)11-21(17)44(38,39)40/h4-11H,2-3,27H2,1H3,(H,28,31)(H,32,33,34)(H,35,36,37)(H,38,39,40)/b30-29+. The number of carbonyl (C=O) groups is 1. The van der Waals surface area contributed by atoms with Gasteiger partial charge in [-0.15, -0.1) is 10.2 Å². The number of thiophene rings is 1. The van der Waals surface area contributed by atoms with E-state index in [2.05, 4.69) is 15.5 Å². The predicted molar refractivity (Wildman–Crippen MR) is 160 cm³/mol. The van der Waals surface area contributed by atoms with Gasteiger partial charge in [0.15, 0.2) is 0 Å². The number of nitrogens with one attached hydrogen (secondary N) is 1. The van der Waals surface area contributed by atoms with Gasteiger partial charge in [-0.2, -0.15) is 30.5 Å². The van der Waals surface area contributed by atoms with E-state index >= 15 is 0 Å². The number of nitriles is 1. The van der Waals surface area contributed by atoms with Gasteiger partial charge in [-0.05, 0) is 48.4 Å². The normalized spacial score (nSPS) is 12.4. The number of azo groups is 1. The minimum atomic E-state index is -5.22. The van der Waals surface area contributed by atoms with Crippen LogP contribution in [-0.2, 0) is 35.1 Å². The van der Waals surface area contributed by atoms with Gasteiger partial charge in [0, 0.05) is 28.4 Å². The van der Waals surface area contributed by atoms with Crippen LogP contribution in [0.3, 0.4) is 0 Å². The Kier molecular flexibility index (Phi) is 8.90. The lowest BCUT2D eigenvalue weighted by atomic mass is 10.0. The van der Waals surface area contributed by atoms with Gasteiger partial charge < -0.3 is 11.1 Å². The zero-order chi connectivity index (χ0) is 32.6. The van der Waals surface area contributed by atoms with E-state index in [1.165, 1.54) is 0 Å². The third-order valence-corrected chi connectivity index (χ3v) is 9.55. The van der Waals surface area contributed by atoms with E-state index in [4.69, 9.17) is 5.73 Å². The van der Waals surface area contributed by atoms with Gasteiger partial charge in [0.25, 0.3) is 30.4 Å². The molecule has 0 aliphatic rings. The highest BCUT2D eigenvalue weighted by molar-refractivity contribution is 7.87. The zero-order valence-electron chi connectivity index (χ0n) is 22.3. The summed E-state index contributed by atoms with van der Waals surface area (Å²) in [5.41, 5.74) is 6.90. The lowest BCUT2D eigenvalue weighted by Gasteiger charge is -2.11. The van der Waals surface area contributed by atoms with Crippen molar-refractivity contribution in [3.05, 3.63) is 54.1 Å². The Labute approximate surface area is 254 Å². The molecule has 0 aliphatic carbocycles. The lowest BCUT2D eigenvalue weighted by molar-refractivity contribution is -0.116.